The van der Waals surface area contributed by atoms with E-state index in [1.165, 1.54) is 22.9 Å². The van der Waals surface area contributed by atoms with Gasteiger partial charge in [0.05, 0.1) is 11.1 Å². The van der Waals surface area contributed by atoms with E-state index < -0.39 is 16.9 Å². The van der Waals surface area contributed by atoms with Gasteiger partial charge in [-0.1, -0.05) is 32.1 Å². The Kier molecular flexibility index (Phi) is 3.96. The number of aromatic amines is 1. The normalized spacial score (nSPS) is 18.0. The van der Waals surface area contributed by atoms with E-state index in [4.69, 9.17) is 0 Å². The third kappa shape index (κ3) is 2.64. The molecule has 2 aliphatic carbocycles. The molecule has 2 aliphatic rings. The number of fused-ring (bicyclic) bond motifs is 2. The minimum atomic E-state index is -0.524. The average molecular weight is 376 g/mol. The van der Waals surface area contributed by atoms with Gasteiger partial charge in [0.2, 0.25) is 11.3 Å². The van der Waals surface area contributed by atoms with Gasteiger partial charge in [-0.25, -0.2) is 0 Å². The molecule has 0 spiro atoms. The summed E-state index contributed by atoms with van der Waals surface area (Å²) in [5, 5.41) is 0. The Morgan fingerprint density at radius 2 is 1.82 bits per heavy atom. The summed E-state index contributed by atoms with van der Waals surface area (Å²) in [7, 11) is 0. The van der Waals surface area contributed by atoms with Crippen molar-refractivity contribution < 1.29 is 9.59 Å². The molecule has 0 saturated heterocycles. The van der Waals surface area contributed by atoms with Crippen LogP contribution in [0.2, 0.25) is 0 Å². The Labute approximate surface area is 161 Å². The molecule has 0 aliphatic heterocycles. The molecule has 1 saturated carbocycles. The molecule has 1 atom stereocenters. The molecule has 1 fully saturated rings. The van der Waals surface area contributed by atoms with Gasteiger partial charge in [-0.3, -0.25) is 23.7 Å². The number of aryl methyl sites for hydroxylation is 1. The number of carbonyl (C=O) groups is 2. The first-order valence-corrected chi connectivity index (χ1v) is 9.19. The molecule has 6 nitrogen and oxygen atoms in total. The fraction of sp³-hybridized carbons (Fsp3) is 0.273. The van der Waals surface area contributed by atoms with Crippen molar-refractivity contribution in [3.05, 3.63) is 84.7 Å². The lowest BCUT2D eigenvalue weighted by atomic mass is 9.84. The van der Waals surface area contributed by atoms with Crippen molar-refractivity contribution in [3.8, 4) is 0 Å². The first kappa shape index (κ1) is 18.1. The number of hydrogen-bond acceptors (Lipinski definition) is 4. The van der Waals surface area contributed by atoms with Gasteiger partial charge in [-0.15, -0.1) is 0 Å². The van der Waals surface area contributed by atoms with Gasteiger partial charge in [0.15, 0.2) is 5.78 Å². The summed E-state index contributed by atoms with van der Waals surface area (Å²) in [5.41, 5.74) is 1.47. The van der Waals surface area contributed by atoms with Gasteiger partial charge in [0.1, 0.15) is 11.4 Å². The van der Waals surface area contributed by atoms with Gasteiger partial charge in [0, 0.05) is 24.3 Å². The van der Waals surface area contributed by atoms with E-state index in [0.29, 0.717) is 17.5 Å². The minimum Gasteiger partial charge on any atom is -0.318 e. The fourth-order valence-electron chi connectivity index (χ4n) is 3.71. The number of nitrogens with zero attached hydrogens (tertiary/aromatic N) is 1. The van der Waals surface area contributed by atoms with Crippen LogP contribution in [0, 0.1) is 12.8 Å². The summed E-state index contributed by atoms with van der Waals surface area (Å²) >= 11 is 0. The lowest BCUT2D eigenvalue weighted by molar-refractivity contribution is 0.0968. The van der Waals surface area contributed by atoms with Gasteiger partial charge in [-0.2, -0.15) is 0 Å². The zero-order chi connectivity index (χ0) is 20.3. The van der Waals surface area contributed by atoms with Crippen molar-refractivity contribution in [2.45, 2.75) is 33.1 Å². The van der Waals surface area contributed by atoms with E-state index in [1.54, 1.807) is 13.0 Å². The molecule has 2 heterocycles. The maximum atomic E-state index is 13.4. The number of aromatic nitrogens is 2. The van der Waals surface area contributed by atoms with Crippen LogP contribution in [0.1, 0.15) is 69.4 Å². The largest absolute Gasteiger partial charge is 0.318 e. The highest BCUT2D eigenvalue weighted by molar-refractivity contribution is 6.28. The summed E-state index contributed by atoms with van der Waals surface area (Å²) in [6, 6.07) is 2.74. The van der Waals surface area contributed by atoms with E-state index in [0.717, 1.165) is 5.57 Å². The van der Waals surface area contributed by atoms with E-state index in [1.807, 2.05) is 13.8 Å². The predicted molar refractivity (Wildman–Crippen MR) is 106 cm³/mol. The van der Waals surface area contributed by atoms with Crippen LogP contribution in [-0.4, -0.2) is 21.1 Å². The Hall–Kier alpha value is -3.28. The maximum Gasteiger partial charge on any atom is 0.255 e. The zero-order valence-corrected chi connectivity index (χ0v) is 16.0. The highest BCUT2D eigenvalue weighted by atomic mass is 16.2. The molecule has 0 amide bonds. The van der Waals surface area contributed by atoms with Crippen molar-refractivity contribution in [3.63, 3.8) is 0 Å². The molecule has 0 aromatic carbocycles. The van der Waals surface area contributed by atoms with Gasteiger partial charge < -0.3 is 4.98 Å². The van der Waals surface area contributed by atoms with E-state index in [2.05, 4.69) is 11.6 Å². The van der Waals surface area contributed by atoms with E-state index in [9.17, 15) is 19.2 Å². The molecule has 28 heavy (non-hydrogen) atoms. The van der Waals surface area contributed by atoms with Crippen molar-refractivity contribution in [2.24, 2.45) is 5.92 Å². The summed E-state index contributed by atoms with van der Waals surface area (Å²) in [4.78, 5) is 54.0. The van der Waals surface area contributed by atoms with Crippen LogP contribution in [0.25, 0.3) is 6.20 Å². The second-order valence-electron chi connectivity index (χ2n) is 7.76. The van der Waals surface area contributed by atoms with Crippen molar-refractivity contribution in [1.82, 2.24) is 9.55 Å². The van der Waals surface area contributed by atoms with Gasteiger partial charge in [0.25, 0.3) is 5.56 Å². The highest BCUT2D eigenvalue weighted by Crippen LogP contribution is 2.47. The molecule has 6 heteroatoms. The predicted octanol–water partition coefficient (Wildman–Crippen LogP) is 2.79. The number of ketones is 2. The number of nitrogens with one attached hydrogen (secondary N) is 1. The highest BCUT2D eigenvalue weighted by Gasteiger charge is 2.41. The first-order valence-electron chi connectivity index (χ1n) is 9.19. The minimum absolute atomic E-state index is 0.00169. The van der Waals surface area contributed by atoms with Crippen molar-refractivity contribution >= 4 is 17.8 Å². The fourth-order valence-corrected chi connectivity index (χ4v) is 3.71. The molecule has 142 valence electrons. The topological polar surface area (TPSA) is 89.0 Å². The first-order chi connectivity index (χ1) is 13.2. The summed E-state index contributed by atoms with van der Waals surface area (Å²) < 4.78 is 1.20. The smallest absolute Gasteiger partial charge is 0.255 e. The summed E-state index contributed by atoms with van der Waals surface area (Å²) in [5.74, 6) is -0.803. The zero-order valence-electron chi connectivity index (χ0n) is 16.0. The Morgan fingerprint density at radius 1 is 1.14 bits per heavy atom. The maximum absolute atomic E-state index is 13.4. The van der Waals surface area contributed by atoms with Crippen LogP contribution < -0.4 is 11.1 Å². The molecular formula is C22H20N2O4. The molecule has 1 N–H and O–H groups in total. The van der Waals surface area contributed by atoms with Gasteiger partial charge in [-0.05, 0) is 30.4 Å². The van der Waals surface area contributed by atoms with E-state index >= 15 is 0 Å². The second-order valence-corrected chi connectivity index (χ2v) is 7.76. The molecule has 2 aromatic rings. The van der Waals surface area contributed by atoms with Crippen LogP contribution in [0.5, 0.6) is 0 Å². The van der Waals surface area contributed by atoms with Crippen LogP contribution in [0.4, 0.5) is 0 Å². The lowest BCUT2D eigenvalue weighted by Crippen LogP contribution is -2.34. The van der Waals surface area contributed by atoms with Crippen molar-refractivity contribution in [1.29, 1.82) is 0 Å². The number of allylic oxidation sites excluding steroid dienone is 2. The Balaban J connectivity index is 2.04. The lowest BCUT2D eigenvalue weighted by Gasteiger charge is -2.23. The van der Waals surface area contributed by atoms with Crippen molar-refractivity contribution in [2.75, 3.05) is 0 Å². The standard InChI is InChI=1S/C22H20N2O4/c1-10(2)5-6-24-16(26)8-12(4)17-20(24)22(28)19-18(21(17)27)14(9-15(25)23-19)13-7-11(13)3/h5-6,8-10,13H,3,7H2,1-2,4H3,(H,23,25)/b6-5-. The van der Waals surface area contributed by atoms with Crippen LogP contribution in [-0.2, 0) is 0 Å². The Morgan fingerprint density at radius 3 is 2.43 bits per heavy atom. The van der Waals surface area contributed by atoms with Crippen LogP contribution >= 0.6 is 0 Å². The number of H-pyrrole nitrogens is 1. The quantitative estimate of drug-likeness (QED) is 0.712. The molecule has 1 unspecified atom stereocenters. The second kappa shape index (κ2) is 6.12. The number of carbonyl (C=O) groups excluding carboxylic acids is 2. The molecule has 2 aromatic heterocycles. The monoisotopic (exact) mass is 376 g/mol. The summed E-state index contributed by atoms with van der Waals surface area (Å²) in [6.07, 6.45) is 3.99. The Bertz CT molecular complexity index is 1220. The van der Waals surface area contributed by atoms with Gasteiger partial charge >= 0.3 is 0 Å². The van der Waals surface area contributed by atoms with E-state index in [-0.39, 0.29) is 40.1 Å². The number of rotatable bonds is 3. The molecular weight excluding hydrogens is 356 g/mol. The average Bonchev–Trinajstić information content (AvgIpc) is 3.34. The summed E-state index contributed by atoms with van der Waals surface area (Å²) in [6.45, 7) is 9.44. The number of hydrogen-bond donors (Lipinski definition) is 1. The molecule has 0 radical (unpaired) electrons. The third-order valence-electron chi connectivity index (χ3n) is 5.21. The number of pyridine rings is 2. The molecule has 0 bridgehead atoms. The third-order valence-corrected chi connectivity index (χ3v) is 5.21. The van der Waals surface area contributed by atoms with Crippen LogP contribution in [0.3, 0.4) is 0 Å². The SMILES string of the molecule is C=C1CC1c1cc(=O)[nH]c2c1C(=O)c1c(C)cc(=O)n(/C=C\C(C)C)c1C2=O. The van der Waals surface area contributed by atoms with Crippen LogP contribution in [0.15, 0.2) is 39.9 Å². The molecule has 4 rings (SSSR count).